The smallest absolute Gasteiger partial charge is 1.00 e. The van der Waals surface area contributed by atoms with E-state index in [9.17, 15) is 33.9 Å². The average Bonchev–Trinajstić information content (AvgIpc) is 2.34. The Morgan fingerprint density at radius 2 is 0.935 bits per heavy atom. The van der Waals surface area contributed by atoms with Crippen LogP contribution < -0.4 is 88.7 Å². The van der Waals surface area contributed by atoms with E-state index in [2.05, 4.69) is 4.74 Å². The SMILES string of the molecule is O.O.O.O=C(O)CC(O)(CC(=O)OC(CC(=O)O)(CC(=O)O)C(=O)O)C(=O)O.[H-].[H-].[H-].[Na+].[Na+].[Na+]. The molecule has 0 fully saturated rings. The van der Waals surface area contributed by atoms with Gasteiger partial charge < -0.3 is 56.1 Å². The summed E-state index contributed by atoms with van der Waals surface area (Å²) in [6.07, 6.45) is -5.94. The molecular formula is C12H23Na3O16. The third-order valence-electron chi connectivity index (χ3n) is 2.85. The molecular weight excluding hydrogens is 469 g/mol. The number of carboxylic acid groups (broad SMARTS) is 5. The molecule has 1 unspecified atom stereocenters. The number of esters is 1. The Kier molecular flexibility index (Phi) is 31.5. The molecule has 1 atom stereocenters. The van der Waals surface area contributed by atoms with E-state index in [-0.39, 0.29) is 109 Å². The van der Waals surface area contributed by atoms with Gasteiger partial charge in [0.2, 0.25) is 5.60 Å². The van der Waals surface area contributed by atoms with E-state index in [1.807, 2.05) is 0 Å². The summed E-state index contributed by atoms with van der Waals surface area (Å²) < 4.78 is 4.33. The van der Waals surface area contributed by atoms with E-state index in [0.717, 1.165) is 0 Å². The van der Waals surface area contributed by atoms with Crippen LogP contribution in [0.4, 0.5) is 0 Å². The summed E-state index contributed by atoms with van der Waals surface area (Å²) in [6.45, 7) is 0. The minimum absolute atomic E-state index is 0. The summed E-state index contributed by atoms with van der Waals surface area (Å²) >= 11 is 0. The summed E-state index contributed by atoms with van der Waals surface area (Å²) in [5.74, 6) is -11.6. The monoisotopic (exact) mass is 492 g/mol. The van der Waals surface area contributed by atoms with Gasteiger partial charge in [-0.25, -0.2) is 9.59 Å². The number of carbonyl (C=O) groups is 6. The summed E-state index contributed by atoms with van der Waals surface area (Å²) in [6, 6.07) is 0. The number of rotatable bonds is 11. The van der Waals surface area contributed by atoms with Crippen LogP contribution in [0.15, 0.2) is 0 Å². The first-order valence-corrected chi connectivity index (χ1v) is 6.30. The Morgan fingerprint density at radius 1 is 0.613 bits per heavy atom. The zero-order chi connectivity index (χ0) is 20.0. The molecule has 19 heteroatoms. The summed E-state index contributed by atoms with van der Waals surface area (Å²) in [5, 5.41) is 53.5. The Balaban J connectivity index is -0.0000000800. The van der Waals surface area contributed by atoms with E-state index in [4.69, 9.17) is 25.5 Å². The van der Waals surface area contributed by atoms with E-state index in [1.165, 1.54) is 0 Å². The maximum atomic E-state index is 11.7. The fourth-order valence-corrected chi connectivity index (χ4v) is 1.77. The second-order valence-corrected chi connectivity index (χ2v) is 5.00. The molecule has 0 heterocycles. The van der Waals surface area contributed by atoms with Gasteiger partial charge in [0.15, 0.2) is 5.60 Å². The number of hydrogen-bond donors (Lipinski definition) is 6. The van der Waals surface area contributed by atoms with E-state index < -0.39 is 72.7 Å². The fourth-order valence-electron chi connectivity index (χ4n) is 1.77. The number of aliphatic carboxylic acids is 5. The summed E-state index contributed by atoms with van der Waals surface area (Å²) in [5.41, 5.74) is -6.24. The zero-order valence-electron chi connectivity index (χ0n) is 19.9. The van der Waals surface area contributed by atoms with Gasteiger partial charge in [-0.15, -0.1) is 0 Å². The van der Waals surface area contributed by atoms with Crippen molar-refractivity contribution in [3.05, 3.63) is 0 Å². The van der Waals surface area contributed by atoms with Gasteiger partial charge in [0, 0.05) is 0 Å². The minimum atomic E-state index is -3.17. The van der Waals surface area contributed by atoms with E-state index in [0.29, 0.717) is 0 Å². The van der Waals surface area contributed by atoms with Crippen molar-refractivity contribution in [1.82, 2.24) is 0 Å². The van der Waals surface area contributed by atoms with Crippen molar-refractivity contribution in [3.8, 4) is 0 Å². The van der Waals surface area contributed by atoms with Crippen LogP contribution in [0.25, 0.3) is 0 Å². The molecule has 0 bridgehead atoms. The Bertz CT molecular complexity index is 622. The first-order chi connectivity index (χ1) is 11.2. The van der Waals surface area contributed by atoms with Gasteiger partial charge in [0.1, 0.15) is 0 Å². The summed E-state index contributed by atoms with van der Waals surface area (Å²) in [4.78, 5) is 66.0. The molecule has 0 aliphatic heterocycles. The molecule has 0 rings (SSSR count). The van der Waals surface area contributed by atoms with Crippen LogP contribution in [0.2, 0.25) is 0 Å². The molecule has 0 aromatic heterocycles. The third kappa shape index (κ3) is 16.9. The van der Waals surface area contributed by atoms with Crippen molar-refractivity contribution in [2.75, 3.05) is 0 Å². The Morgan fingerprint density at radius 3 is 1.16 bits per heavy atom. The molecule has 0 aromatic rings. The van der Waals surface area contributed by atoms with Crippen molar-refractivity contribution in [1.29, 1.82) is 0 Å². The largest absolute Gasteiger partial charge is 1.00 e. The van der Waals surface area contributed by atoms with Gasteiger partial charge in [-0.2, -0.15) is 0 Å². The molecule has 0 radical (unpaired) electrons. The predicted molar refractivity (Wildman–Crippen MR) is 84.6 cm³/mol. The molecule has 0 aromatic carbocycles. The maximum Gasteiger partial charge on any atom is 1.00 e. The van der Waals surface area contributed by atoms with Crippen LogP contribution in [-0.4, -0.2) is 94.1 Å². The third-order valence-corrected chi connectivity index (χ3v) is 2.85. The van der Waals surface area contributed by atoms with E-state index >= 15 is 0 Å². The van der Waals surface area contributed by atoms with Crippen molar-refractivity contribution < 1.29 is 174 Å². The van der Waals surface area contributed by atoms with Crippen LogP contribution in [0.5, 0.6) is 0 Å². The predicted octanol–water partition coefficient (Wildman–Crippen LogP) is -13.1. The molecule has 0 aliphatic rings. The van der Waals surface area contributed by atoms with Crippen molar-refractivity contribution in [2.24, 2.45) is 0 Å². The van der Waals surface area contributed by atoms with Gasteiger partial charge in [-0.05, 0) is 0 Å². The molecule has 0 amide bonds. The zero-order valence-corrected chi connectivity index (χ0v) is 22.9. The van der Waals surface area contributed by atoms with Gasteiger partial charge in [-0.1, -0.05) is 0 Å². The van der Waals surface area contributed by atoms with Crippen LogP contribution in [0.1, 0.15) is 30.0 Å². The fraction of sp³-hybridized carbons (Fsp3) is 0.500. The number of aliphatic hydroxyl groups is 1. The average molecular weight is 492 g/mol. The molecule has 0 spiro atoms. The minimum Gasteiger partial charge on any atom is -1.00 e. The topological polar surface area (TPSA) is 328 Å². The van der Waals surface area contributed by atoms with Crippen molar-refractivity contribution in [2.45, 2.75) is 36.9 Å². The summed E-state index contributed by atoms with van der Waals surface area (Å²) in [7, 11) is 0. The van der Waals surface area contributed by atoms with Crippen LogP contribution in [-0.2, 0) is 33.5 Å². The molecule has 0 saturated heterocycles. The number of carboxylic acids is 5. The van der Waals surface area contributed by atoms with Crippen molar-refractivity contribution >= 4 is 35.8 Å². The first kappa shape index (κ1) is 48.2. The van der Waals surface area contributed by atoms with E-state index in [1.54, 1.807) is 0 Å². The number of carbonyl (C=O) groups excluding carboxylic acids is 1. The maximum absolute atomic E-state index is 11.7. The molecule has 0 saturated carbocycles. The molecule has 12 N–H and O–H groups in total. The molecule has 31 heavy (non-hydrogen) atoms. The Hall–Kier alpha value is -0.340. The first-order valence-electron chi connectivity index (χ1n) is 6.30. The quantitative estimate of drug-likeness (QED) is 0.115. The molecule has 170 valence electrons. The van der Waals surface area contributed by atoms with Gasteiger partial charge in [-0.3, -0.25) is 19.2 Å². The van der Waals surface area contributed by atoms with Crippen LogP contribution >= 0.6 is 0 Å². The number of ether oxygens (including phenoxy) is 1. The van der Waals surface area contributed by atoms with Gasteiger partial charge in [0.25, 0.3) is 0 Å². The number of hydrogen-bond acceptors (Lipinski definition) is 8. The molecule has 16 nitrogen and oxygen atoms in total. The van der Waals surface area contributed by atoms with Crippen molar-refractivity contribution in [3.63, 3.8) is 0 Å². The van der Waals surface area contributed by atoms with Gasteiger partial charge >= 0.3 is 124 Å². The second-order valence-electron chi connectivity index (χ2n) is 5.00. The standard InChI is InChI=1S/C12H14O13.3Na.3H2O.3H/c13-5(14)1-11(24,9(20)21)4-8(19)25-12(10(22)23,2-6(15)16)3-7(17)18;;;;;;;;;/h24H,1-4H2,(H,13,14)(H,15,16)(H,17,18)(H,20,21)(H,22,23);;;;3*1H2;;;/q;3*+1;;;;3*-1. The normalized spacial score (nSPS) is 10.7. The van der Waals surface area contributed by atoms with Crippen LogP contribution in [0, 0.1) is 0 Å². The van der Waals surface area contributed by atoms with Crippen LogP contribution in [0.3, 0.4) is 0 Å². The van der Waals surface area contributed by atoms with Gasteiger partial charge in [0.05, 0.1) is 25.7 Å². The Labute approximate surface area is 244 Å². The molecule has 0 aliphatic carbocycles. The second kappa shape index (κ2) is 20.3.